The van der Waals surface area contributed by atoms with Gasteiger partial charge >= 0.3 is 5.97 Å². The summed E-state index contributed by atoms with van der Waals surface area (Å²) in [5.74, 6) is -0.974. The molecule has 1 unspecified atom stereocenters. The molecule has 1 aromatic heterocycles. The van der Waals surface area contributed by atoms with Crippen LogP contribution in [-0.4, -0.2) is 138 Å². The van der Waals surface area contributed by atoms with E-state index >= 15 is 0 Å². The number of aromatic nitrogens is 1. The first-order valence-corrected chi connectivity index (χ1v) is 19.1. The Labute approximate surface area is 314 Å². The molecule has 3 aromatic rings. The van der Waals surface area contributed by atoms with Gasteiger partial charge in [-0.05, 0) is 94.6 Å². The van der Waals surface area contributed by atoms with Gasteiger partial charge in [-0.2, -0.15) is 0 Å². The molecular formula is C41H59N7O5. The lowest BCUT2D eigenvalue weighted by Crippen LogP contribution is -2.52. The molecule has 1 atom stereocenters. The number of nitrogens with two attached hydrogens (primary N) is 1. The predicted octanol–water partition coefficient (Wildman–Crippen LogP) is 4.21. The van der Waals surface area contributed by atoms with Gasteiger partial charge in [-0.1, -0.05) is 39.0 Å². The van der Waals surface area contributed by atoms with Gasteiger partial charge in [0.15, 0.2) is 0 Å². The number of aryl methyl sites for hydroxylation is 1. The van der Waals surface area contributed by atoms with Gasteiger partial charge in [-0.3, -0.25) is 24.3 Å². The number of benzene rings is 2. The fourth-order valence-electron chi connectivity index (χ4n) is 9.01. The Balaban J connectivity index is 1.45. The number of carboxylic acid groups (broad SMARTS) is 1. The molecule has 53 heavy (non-hydrogen) atoms. The molecule has 4 heterocycles. The van der Waals surface area contributed by atoms with Gasteiger partial charge < -0.3 is 29.9 Å². The Morgan fingerprint density at radius 2 is 1.58 bits per heavy atom. The number of methoxy groups -OCH3 is 1. The number of likely N-dealkylation sites (tertiary alicyclic amines) is 2. The number of aromatic carboxylic acids is 1. The van der Waals surface area contributed by atoms with Crippen molar-refractivity contribution >= 4 is 28.7 Å². The largest absolute Gasteiger partial charge is 0.496 e. The third kappa shape index (κ3) is 7.56. The Morgan fingerprint density at radius 1 is 0.925 bits per heavy atom. The fraction of sp³-hybridized carbons (Fsp3) is 0.585. The summed E-state index contributed by atoms with van der Waals surface area (Å²) in [6, 6.07) is 8.40. The number of piperidine rings is 1. The third-order valence-corrected chi connectivity index (χ3v) is 12.0. The minimum atomic E-state index is -1.02. The van der Waals surface area contributed by atoms with E-state index in [0.717, 1.165) is 91.6 Å². The van der Waals surface area contributed by atoms with Crippen molar-refractivity contribution in [3.8, 4) is 16.9 Å². The number of carboxylic acids is 1. The van der Waals surface area contributed by atoms with Crippen molar-refractivity contribution in [2.24, 2.45) is 12.8 Å². The molecule has 3 N–H and O–H groups in total. The monoisotopic (exact) mass is 729 g/mol. The molecule has 2 amide bonds. The van der Waals surface area contributed by atoms with Crippen LogP contribution in [0.1, 0.15) is 84.0 Å². The number of ether oxygens (including phenoxy) is 1. The van der Waals surface area contributed by atoms with Gasteiger partial charge in [0.05, 0.1) is 24.2 Å². The maximum Gasteiger partial charge on any atom is 0.353 e. The molecule has 0 bridgehead atoms. The van der Waals surface area contributed by atoms with Crippen molar-refractivity contribution in [2.75, 3.05) is 74.1 Å². The number of hydrogen-bond acceptors (Lipinski definition) is 8. The fourth-order valence-corrected chi connectivity index (χ4v) is 9.01. The minimum Gasteiger partial charge on any atom is -0.496 e. The SMILES string of the molecule is COc1c(C(N)=O)cc(C(C)(C)C)c(-c2c(C(=O)O)n(C)c3c(CN4CCN(C(=O)C5CCCN5C)CC4)cccc23)c1CN1CCC(N(C)C)CC1. The molecule has 288 valence electrons. The van der Waals surface area contributed by atoms with Crippen LogP contribution in [0.4, 0.5) is 0 Å². The molecule has 12 heteroatoms. The number of hydrogen-bond donors (Lipinski definition) is 2. The maximum atomic E-state index is 13.4. The lowest BCUT2D eigenvalue weighted by atomic mass is 9.77. The van der Waals surface area contributed by atoms with E-state index in [1.54, 1.807) is 7.11 Å². The van der Waals surface area contributed by atoms with Crippen molar-refractivity contribution < 1.29 is 24.2 Å². The lowest BCUT2D eigenvalue weighted by molar-refractivity contribution is -0.137. The molecule has 0 radical (unpaired) electrons. The molecule has 12 nitrogen and oxygen atoms in total. The lowest BCUT2D eigenvalue weighted by Gasteiger charge is -2.37. The number of nitrogens with zero attached hydrogens (tertiary/aromatic N) is 6. The highest BCUT2D eigenvalue weighted by Crippen LogP contribution is 2.47. The molecule has 2 aromatic carbocycles. The standard InChI is InChI=1S/C41H59N7O5/c1-41(2,3)31-23-29(38(42)49)37(53-8)30(25-46-17-14-27(15-18-46)43(4)5)33(31)34-28-12-9-11-26(35(28)45(7)36(34)40(51)52)24-47-19-21-48(22-20-47)39(50)32-13-10-16-44(32)6/h9,11-12,23,27,32H,10,13-22,24-25H2,1-8H3,(H2,42,49)(H,51,52). The van der Waals surface area contributed by atoms with Crippen LogP contribution in [0.5, 0.6) is 5.75 Å². The first-order chi connectivity index (χ1) is 25.1. The average molecular weight is 730 g/mol. The van der Waals surface area contributed by atoms with Crippen molar-refractivity contribution in [3.05, 3.63) is 52.2 Å². The predicted molar refractivity (Wildman–Crippen MR) is 209 cm³/mol. The first kappa shape index (κ1) is 38.7. The van der Waals surface area contributed by atoms with Crippen LogP contribution in [0.15, 0.2) is 24.3 Å². The van der Waals surface area contributed by atoms with Crippen LogP contribution in [0.3, 0.4) is 0 Å². The van der Waals surface area contributed by atoms with E-state index in [9.17, 15) is 19.5 Å². The second-order valence-electron chi connectivity index (χ2n) is 16.6. The van der Waals surface area contributed by atoms with Crippen LogP contribution in [0, 0.1) is 0 Å². The summed E-state index contributed by atoms with van der Waals surface area (Å²) in [6.45, 7) is 12.9. The summed E-state index contributed by atoms with van der Waals surface area (Å²) >= 11 is 0. The molecular weight excluding hydrogens is 670 g/mol. The van der Waals surface area contributed by atoms with Gasteiger partial charge in [-0.25, -0.2) is 4.79 Å². The highest BCUT2D eigenvalue weighted by atomic mass is 16.5. The number of primary amides is 1. The Kier molecular flexibility index (Phi) is 11.3. The van der Waals surface area contributed by atoms with Gasteiger partial charge in [0, 0.05) is 68.9 Å². The molecule has 0 saturated carbocycles. The molecule has 0 spiro atoms. The van der Waals surface area contributed by atoms with Crippen molar-refractivity contribution in [1.29, 1.82) is 0 Å². The first-order valence-electron chi connectivity index (χ1n) is 19.1. The summed E-state index contributed by atoms with van der Waals surface area (Å²) in [5.41, 5.74) is 11.0. The normalized spacial score (nSPS) is 19.8. The van der Waals surface area contributed by atoms with Gasteiger partial charge in [-0.15, -0.1) is 0 Å². The number of piperazine rings is 1. The van der Waals surface area contributed by atoms with Crippen LogP contribution in [0.25, 0.3) is 22.0 Å². The number of amides is 2. The second kappa shape index (κ2) is 15.4. The van der Waals surface area contributed by atoms with Crippen molar-refractivity contribution in [1.82, 2.24) is 29.1 Å². The second-order valence-corrected chi connectivity index (χ2v) is 16.6. The summed E-state index contributed by atoms with van der Waals surface area (Å²) in [7, 11) is 9.67. The van der Waals surface area contributed by atoms with E-state index in [1.165, 1.54) is 0 Å². The van der Waals surface area contributed by atoms with E-state index in [0.29, 0.717) is 49.1 Å². The quantitative estimate of drug-likeness (QED) is 0.316. The van der Waals surface area contributed by atoms with E-state index in [1.807, 2.05) is 41.8 Å². The van der Waals surface area contributed by atoms with Crippen molar-refractivity contribution in [2.45, 2.75) is 77.0 Å². The van der Waals surface area contributed by atoms with E-state index in [2.05, 4.69) is 60.5 Å². The van der Waals surface area contributed by atoms with Crippen molar-refractivity contribution in [3.63, 3.8) is 0 Å². The summed E-state index contributed by atoms with van der Waals surface area (Å²) < 4.78 is 7.87. The van der Waals surface area contributed by atoms with E-state index < -0.39 is 17.3 Å². The van der Waals surface area contributed by atoms with Crippen LogP contribution < -0.4 is 10.5 Å². The summed E-state index contributed by atoms with van der Waals surface area (Å²) in [4.78, 5) is 50.9. The maximum absolute atomic E-state index is 13.4. The minimum absolute atomic E-state index is 0.0186. The van der Waals surface area contributed by atoms with Crippen LogP contribution in [0.2, 0.25) is 0 Å². The van der Waals surface area contributed by atoms with Gasteiger partial charge in [0.25, 0.3) is 5.91 Å². The Morgan fingerprint density at radius 3 is 2.13 bits per heavy atom. The third-order valence-electron chi connectivity index (χ3n) is 12.0. The molecule has 3 saturated heterocycles. The number of likely N-dealkylation sites (N-methyl/N-ethyl adjacent to an activating group) is 1. The van der Waals surface area contributed by atoms with E-state index in [4.69, 9.17) is 10.5 Å². The van der Waals surface area contributed by atoms with E-state index in [-0.39, 0.29) is 17.6 Å². The molecule has 3 fully saturated rings. The zero-order valence-electron chi connectivity index (χ0n) is 33.0. The average Bonchev–Trinajstić information content (AvgIpc) is 3.68. The Hall–Kier alpha value is -3.97. The molecule has 3 aliphatic rings. The summed E-state index contributed by atoms with van der Waals surface area (Å²) in [6.07, 6.45) is 3.99. The zero-order valence-corrected chi connectivity index (χ0v) is 33.0. The topological polar surface area (TPSA) is 128 Å². The Bertz CT molecular complexity index is 1860. The van der Waals surface area contributed by atoms with Crippen LogP contribution >= 0.6 is 0 Å². The van der Waals surface area contributed by atoms with Gasteiger partial charge in [0.1, 0.15) is 11.4 Å². The smallest absolute Gasteiger partial charge is 0.353 e. The van der Waals surface area contributed by atoms with Crippen LogP contribution in [-0.2, 0) is 30.3 Å². The highest BCUT2D eigenvalue weighted by molar-refractivity contribution is 6.11. The number of rotatable bonds is 10. The van der Waals surface area contributed by atoms with Gasteiger partial charge in [0.2, 0.25) is 5.91 Å². The molecule has 6 rings (SSSR count). The molecule has 3 aliphatic heterocycles. The summed E-state index contributed by atoms with van der Waals surface area (Å²) in [5, 5.41) is 11.8. The number of carbonyl (C=O) groups is 3. The number of fused-ring (bicyclic) bond motifs is 1. The highest BCUT2D eigenvalue weighted by Gasteiger charge is 2.36. The zero-order chi connectivity index (χ0) is 38.4. The number of carbonyl (C=O) groups excluding carboxylic acids is 2. The number of para-hydroxylation sites is 1. The molecule has 0 aliphatic carbocycles.